The zero-order valence-electron chi connectivity index (χ0n) is 4.29. The van der Waals surface area contributed by atoms with Gasteiger partial charge in [0.25, 0.3) is 0 Å². The van der Waals surface area contributed by atoms with E-state index in [0.717, 1.165) is 4.68 Å². The molecule has 5 heteroatoms. The third-order valence-corrected chi connectivity index (χ3v) is 0.801. The molecule has 0 bridgehead atoms. The lowest BCUT2D eigenvalue weighted by Crippen LogP contribution is -2.23. The van der Waals surface area contributed by atoms with E-state index >= 15 is 0 Å². The zero-order valence-corrected chi connectivity index (χ0v) is 4.29. The van der Waals surface area contributed by atoms with Crippen molar-refractivity contribution >= 4 is 0 Å². The van der Waals surface area contributed by atoms with Gasteiger partial charge in [-0.15, -0.1) is 0 Å². The molecule has 1 aromatic rings. The van der Waals surface area contributed by atoms with Crippen LogP contribution in [-0.2, 0) is 0 Å². The molecule has 0 aliphatic carbocycles. The van der Waals surface area contributed by atoms with E-state index in [-0.39, 0.29) is 0 Å². The minimum absolute atomic E-state index is 0.370. The second-order valence-corrected chi connectivity index (χ2v) is 1.37. The van der Waals surface area contributed by atoms with Crippen LogP contribution >= 0.6 is 0 Å². The van der Waals surface area contributed by atoms with E-state index in [1.54, 1.807) is 6.92 Å². The average molecular weight is 115 g/mol. The van der Waals surface area contributed by atoms with Crippen molar-refractivity contribution in [3.05, 3.63) is 16.4 Å². The maximum Gasteiger partial charge on any atom is 0.460 e. The Morgan fingerprint density at radius 1 is 1.88 bits per heavy atom. The molecule has 0 unspecified atom stereocenters. The number of aryl methyl sites for hydroxylation is 1. The standard InChI is InChI=1S/C3H5N3O2/c1-2-5-8-3(7)6(2)4/h4H2,1H3. The summed E-state index contributed by atoms with van der Waals surface area (Å²) in [6.07, 6.45) is 0. The molecule has 0 amide bonds. The highest BCUT2D eigenvalue weighted by molar-refractivity contribution is 4.75. The van der Waals surface area contributed by atoms with Gasteiger partial charge in [0.05, 0.1) is 0 Å². The summed E-state index contributed by atoms with van der Waals surface area (Å²) in [7, 11) is 0. The first-order chi connectivity index (χ1) is 3.72. The van der Waals surface area contributed by atoms with Crippen LogP contribution in [-0.4, -0.2) is 9.83 Å². The van der Waals surface area contributed by atoms with E-state index in [9.17, 15) is 4.79 Å². The summed E-state index contributed by atoms with van der Waals surface area (Å²) in [4.78, 5) is 10.2. The van der Waals surface area contributed by atoms with Gasteiger partial charge in [0.2, 0.25) is 0 Å². The predicted molar refractivity (Wildman–Crippen MR) is 25.7 cm³/mol. The quantitative estimate of drug-likeness (QED) is 0.433. The molecule has 44 valence electrons. The Balaban J connectivity index is 3.41. The number of rotatable bonds is 0. The van der Waals surface area contributed by atoms with Crippen molar-refractivity contribution in [2.75, 3.05) is 5.84 Å². The van der Waals surface area contributed by atoms with Crippen molar-refractivity contribution in [1.29, 1.82) is 0 Å². The monoisotopic (exact) mass is 115 g/mol. The lowest BCUT2D eigenvalue weighted by Gasteiger charge is -1.82. The van der Waals surface area contributed by atoms with E-state index in [1.807, 2.05) is 0 Å². The molecule has 0 aliphatic rings. The molecule has 0 aliphatic heterocycles. The van der Waals surface area contributed by atoms with Crippen LogP contribution in [0.15, 0.2) is 9.32 Å². The Hall–Kier alpha value is -1.26. The molecule has 0 atom stereocenters. The van der Waals surface area contributed by atoms with Crippen molar-refractivity contribution < 1.29 is 4.52 Å². The number of nitrogens with zero attached hydrogens (tertiary/aromatic N) is 2. The minimum Gasteiger partial charge on any atom is -0.332 e. The van der Waals surface area contributed by atoms with Crippen LogP contribution in [0.3, 0.4) is 0 Å². The summed E-state index contributed by atoms with van der Waals surface area (Å²) >= 11 is 0. The molecule has 0 saturated carbocycles. The van der Waals surface area contributed by atoms with E-state index in [0.29, 0.717) is 5.82 Å². The van der Waals surface area contributed by atoms with Gasteiger partial charge < -0.3 is 5.84 Å². The molecule has 0 fully saturated rings. The number of nitrogens with two attached hydrogens (primary N) is 1. The predicted octanol–water partition coefficient (Wildman–Crippen LogP) is -1.14. The van der Waals surface area contributed by atoms with Crippen LogP contribution in [0.25, 0.3) is 0 Å². The van der Waals surface area contributed by atoms with E-state index in [2.05, 4.69) is 9.68 Å². The minimum atomic E-state index is -0.637. The van der Waals surface area contributed by atoms with E-state index in [4.69, 9.17) is 5.84 Å². The molecule has 2 N–H and O–H groups in total. The SMILES string of the molecule is Cc1noc(=O)n1N. The Morgan fingerprint density at radius 2 is 2.50 bits per heavy atom. The highest BCUT2D eigenvalue weighted by Crippen LogP contribution is 1.77. The molecule has 8 heavy (non-hydrogen) atoms. The van der Waals surface area contributed by atoms with Gasteiger partial charge in [-0.25, -0.2) is 4.79 Å². The summed E-state index contributed by atoms with van der Waals surface area (Å²) < 4.78 is 4.96. The Labute approximate surface area is 44.7 Å². The topological polar surface area (TPSA) is 74.0 Å². The van der Waals surface area contributed by atoms with Gasteiger partial charge in [0.1, 0.15) is 0 Å². The molecule has 0 radical (unpaired) electrons. The van der Waals surface area contributed by atoms with Gasteiger partial charge in [0.15, 0.2) is 5.82 Å². The highest BCUT2D eigenvalue weighted by Gasteiger charge is 1.97. The molecule has 5 nitrogen and oxygen atoms in total. The molecule has 1 aromatic heterocycles. The van der Waals surface area contributed by atoms with Gasteiger partial charge in [-0.1, -0.05) is 5.16 Å². The van der Waals surface area contributed by atoms with Crippen LogP contribution in [0, 0.1) is 6.92 Å². The Morgan fingerprint density at radius 3 is 2.62 bits per heavy atom. The second kappa shape index (κ2) is 1.36. The molecule has 0 aromatic carbocycles. The molecule has 1 heterocycles. The summed E-state index contributed by atoms with van der Waals surface area (Å²) in [6.45, 7) is 1.57. The molecule has 0 saturated heterocycles. The van der Waals surface area contributed by atoms with Crippen LogP contribution < -0.4 is 11.6 Å². The smallest absolute Gasteiger partial charge is 0.332 e. The fraction of sp³-hybridized carbons (Fsp3) is 0.333. The molecule has 0 spiro atoms. The highest BCUT2D eigenvalue weighted by atomic mass is 16.5. The summed E-state index contributed by atoms with van der Waals surface area (Å²) in [5.41, 5.74) is 0. The van der Waals surface area contributed by atoms with Crippen molar-refractivity contribution in [2.45, 2.75) is 6.92 Å². The lowest BCUT2D eigenvalue weighted by atomic mass is 10.7. The summed E-state index contributed by atoms with van der Waals surface area (Å²) in [5, 5.41) is 3.27. The second-order valence-electron chi connectivity index (χ2n) is 1.37. The number of hydrogen-bond acceptors (Lipinski definition) is 4. The van der Waals surface area contributed by atoms with Gasteiger partial charge in [-0.3, -0.25) is 4.52 Å². The molecular formula is C3H5N3O2. The van der Waals surface area contributed by atoms with E-state index < -0.39 is 5.76 Å². The Bertz CT molecular complexity index is 235. The number of hydrogen-bond donors (Lipinski definition) is 1. The largest absolute Gasteiger partial charge is 0.460 e. The van der Waals surface area contributed by atoms with Gasteiger partial charge in [-0.05, 0) is 6.92 Å². The maximum atomic E-state index is 10.2. The average Bonchev–Trinajstić information content (AvgIpc) is 1.98. The normalized spacial score (nSPS) is 9.62. The van der Waals surface area contributed by atoms with Crippen LogP contribution in [0.1, 0.15) is 5.82 Å². The van der Waals surface area contributed by atoms with Gasteiger partial charge >= 0.3 is 5.76 Å². The fourth-order valence-electron chi connectivity index (χ4n) is 0.325. The first kappa shape index (κ1) is 4.89. The number of aromatic nitrogens is 2. The van der Waals surface area contributed by atoms with Crippen molar-refractivity contribution in [1.82, 2.24) is 9.83 Å². The summed E-state index contributed by atoms with van der Waals surface area (Å²) in [6, 6.07) is 0. The van der Waals surface area contributed by atoms with Crippen LogP contribution in [0.4, 0.5) is 0 Å². The molecule has 1 rings (SSSR count). The fourth-order valence-corrected chi connectivity index (χ4v) is 0.325. The van der Waals surface area contributed by atoms with Crippen LogP contribution in [0.5, 0.6) is 0 Å². The van der Waals surface area contributed by atoms with Crippen molar-refractivity contribution in [3.63, 3.8) is 0 Å². The third-order valence-electron chi connectivity index (χ3n) is 0.801. The molecular weight excluding hydrogens is 110 g/mol. The lowest BCUT2D eigenvalue weighted by molar-refractivity contribution is 0.379. The third kappa shape index (κ3) is 0.481. The van der Waals surface area contributed by atoms with Crippen LogP contribution in [0.2, 0.25) is 0 Å². The van der Waals surface area contributed by atoms with Gasteiger partial charge in [-0.2, -0.15) is 4.68 Å². The zero-order chi connectivity index (χ0) is 6.15. The van der Waals surface area contributed by atoms with E-state index in [1.165, 1.54) is 0 Å². The van der Waals surface area contributed by atoms with Crippen molar-refractivity contribution in [2.24, 2.45) is 0 Å². The first-order valence-corrected chi connectivity index (χ1v) is 2.02. The number of nitrogen functional groups attached to an aromatic ring is 1. The van der Waals surface area contributed by atoms with Crippen molar-refractivity contribution in [3.8, 4) is 0 Å². The summed E-state index contributed by atoms with van der Waals surface area (Å²) in [5.74, 6) is 4.78. The maximum absolute atomic E-state index is 10.2. The first-order valence-electron chi connectivity index (χ1n) is 2.02. The Kier molecular flexibility index (Phi) is 0.831. The van der Waals surface area contributed by atoms with Gasteiger partial charge in [0, 0.05) is 0 Å².